The van der Waals surface area contributed by atoms with Gasteiger partial charge in [0.05, 0.1) is 6.61 Å². The minimum Gasteiger partial charge on any atom is -0.464 e. The van der Waals surface area contributed by atoms with Crippen molar-refractivity contribution >= 4 is 5.97 Å². The normalized spacial score (nSPS) is 14.4. The van der Waals surface area contributed by atoms with Crippen LogP contribution in [0.15, 0.2) is 24.5 Å². The fourth-order valence-corrected chi connectivity index (χ4v) is 1.80. The highest BCUT2D eigenvalue weighted by molar-refractivity contribution is 5.82. The molecule has 4 heteroatoms. The Morgan fingerprint density at radius 2 is 2.06 bits per heavy atom. The Balaban J connectivity index is 3.06. The first-order chi connectivity index (χ1) is 8.00. The zero-order chi connectivity index (χ0) is 12.9. The van der Waals surface area contributed by atoms with Gasteiger partial charge in [-0.05, 0) is 45.4 Å². The topological polar surface area (TPSA) is 51.2 Å². The summed E-state index contributed by atoms with van der Waals surface area (Å²) in [6, 6.07) is 3.83. The first-order valence-corrected chi connectivity index (χ1v) is 5.86. The molecular weight excluding hydrogens is 216 g/mol. The van der Waals surface area contributed by atoms with Crippen LogP contribution in [0.1, 0.15) is 33.3 Å². The zero-order valence-electron chi connectivity index (χ0n) is 10.9. The second-order valence-electron chi connectivity index (χ2n) is 4.38. The third-order valence-electron chi connectivity index (χ3n) is 2.52. The van der Waals surface area contributed by atoms with Crippen LogP contribution in [0, 0.1) is 0 Å². The van der Waals surface area contributed by atoms with Gasteiger partial charge >= 0.3 is 5.97 Å². The van der Waals surface area contributed by atoms with Crippen LogP contribution in [0.2, 0.25) is 0 Å². The molecule has 94 valence electrons. The summed E-state index contributed by atoms with van der Waals surface area (Å²) in [7, 11) is 0. The lowest BCUT2D eigenvalue weighted by atomic mass is 9.92. The number of nitrogens with one attached hydrogen (secondary N) is 1. The van der Waals surface area contributed by atoms with Gasteiger partial charge in [0.2, 0.25) is 0 Å². The molecule has 4 nitrogen and oxygen atoms in total. The quantitative estimate of drug-likeness (QED) is 0.793. The molecule has 0 aromatic carbocycles. The van der Waals surface area contributed by atoms with Crippen molar-refractivity contribution in [2.75, 3.05) is 6.61 Å². The molecule has 1 N–H and O–H groups in total. The maximum atomic E-state index is 12.1. The number of carbonyl (C=O) groups is 1. The highest BCUT2D eigenvalue weighted by Crippen LogP contribution is 2.22. The van der Waals surface area contributed by atoms with Crippen LogP contribution >= 0.6 is 0 Å². The number of carbonyl (C=O) groups excluding carboxylic acids is 1. The summed E-state index contributed by atoms with van der Waals surface area (Å²) in [5.41, 5.74) is 0.0345. The summed E-state index contributed by atoms with van der Waals surface area (Å²) in [5.74, 6) is -0.264. The summed E-state index contributed by atoms with van der Waals surface area (Å²) in [6.45, 7) is 8.01. The average molecular weight is 236 g/mol. The molecule has 0 aliphatic rings. The molecule has 0 aliphatic heterocycles. The molecule has 1 unspecified atom stereocenters. The van der Waals surface area contributed by atoms with Gasteiger partial charge < -0.3 is 4.74 Å². The van der Waals surface area contributed by atoms with Gasteiger partial charge in [0.15, 0.2) is 0 Å². The molecule has 0 saturated heterocycles. The molecular formula is C13H20N2O2. The third-order valence-corrected chi connectivity index (χ3v) is 2.52. The number of rotatable bonds is 5. The first kappa shape index (κ1) is 13.6. The van der Waals surface area contributed by atoms with Crippen molar-refractivity contribution in [1.29, 1.82) is 0 Å². The van der Waals surface area contributed by atoms with Crippen molar-refractivity contribution < 1.29 is 9.53 Å². The Kier molecular flexibility index (Phi) is 4.63. The van der Waals surface area contributed by atoms with E-state index in [1.807, 2.05) is 32.9 Å². The van der Waals surface area contributed by atoms with E-state index in [4.69, 9.17) is 4.74 Å². The number of hydrogen-bond acceptors (Lipinski definition) is 4. The fourth-order valence-electron chi connectivity index (χ4n) is 1.80. The van der Waals surface area contributed by atoms with Crippen LogP contribution in [0.4, 0.5) is 0 Å². The molecule has 1 atom stereocenters. The second-order valence-corrected chi connectivity index (χ2v) is 4.38. The summed E-state index contributed by atoms with van der Waals surface area (Å²) in [4.78, 5) is 16.1. The molecule has 0 saturated carbocycles. The van der Waals surface area contributed by atoms with Gasteiger partial charge in [0, 0.05) is 18.4 Å². The maximum Gasteiger partial charge on any atom is 0.330 e. The lowest BCUT2D eigenvalue weighted by Gasteiger charge is -2.31. The Morgan fingerprint density at radius 1 is 1.47 bits per heavy atom. The number of ether oxygens (including phenoxy) is 1. The van der Waals surface area contributed by atoms with E-state index in [1.54, 1.807) is 19.3 Å². The largest absolute Gasteiger partial charge is 0.464 e. The zero-order valence-corrected chi connectivity index (χ0v) is 10.9. The van der Waals surface area contributed by atoms with Crippen molar-refractivity contribution in [2.45, 2.75) is 39.3 Å². The lowest BCUT2D eigenvalue weighted by Crippen LogP contribution is -2.50. The maximum absolute atomic E-state index is 12.1. The molecule has 0 spiro atoms. The Morgan fingerprint density at radius 3 is 2.53 bits per heavy atom. The minimum atomic E-state index is -0.826. The van der Waals surface area contributed by atoms with E-state index in [-0.39, 0.29) is 12.0 Å². The monoisotopic (exact) mass is 236 g/mol. The number of pyridine rings is 1. The summed E-state index contributed by atoms with van der Waals surface area (Å²) < 4.78 is 5.14. The van der Waals surface area contributed by atoms with E-state index in [0.29, 0.717) is 6.61 Å². The van der Waals surface area contributed by atoms with Gasteiger partial charge in [0.25, 0.3) is 0 Å². The SMILES string of the molecule is CCOC(=O)C(C)(NC(C)C)c1ccncc1. The number of esters is 1. The Bertz CT molecular complexity index is 365. The standard InChI is InChI=1S/C13H20N2O2/c1-5-17-12(16)13(4,15-10(2)3)11-6-8-14-9-7-11/h6-10,15H,5H2,1-4H3. The lowest BCUT2D eigenvalue weighted by molar-refractivity contribution is -0.151. The molecule has 0 bridgehead atoms. The smallest absolute Gasteiger partial charge is 0.330 e. The Labute approximate surface area is 102 Å². The molecule has 1 aromatic rings. The average Bonchev–Trinajstić information content (AvgIpc) is 2.29. The molecule has 1 rings (SSSR count). The predicted octanol–water partition coefficient (Wildman–Crippen LogP) is 1.86. The van der Waals surface area contributed by atoms with Crippen LogP contribution in [0.25, 0.3) is 0 Å². The van der Waals surface area contributed by atoms with Gasteiger partial charge in [-0.3, -0.25) is 10.3 Å². The third kappa shape index (κ3) is 3.27. The Hall–Kier alpha value is -1.42. The van der Waals surface area contributed by atoms with Crippen molar-refractivity contribution in [1.82, 2.24) is 10.3 Å². The van der Waals surface area contributed by atoms with Crippen molar-refractivity contribution in [3.63, 3.8) is 0 Å². The van der Waals surface area contributed by atoms with E-state index < -0.39 is 5.54 Å². The number of hydrogen-bond donors (Lipinski definition) is 1. The van der Waals surface area contributed by atoms with Crippen LogP contribution < -0.4 is 5.32 Å². The van der Waals surface area contributed by atoms with E-state index >= 15 is 0 Å². The van der Waals surface area contributed by atoms with E-state index in [2.05, 4.69) is 10.3 Å². The summed E-state index contributed by atoms with van der Waals surface area (Å²) in [6.07, 6.45) is 3.35. The van der Waals surface area contributed by atoms with Crippen LogP contribution in [0.5, 0.6) is 0 Å². The highest BCUT2D eigenvalue weighted by Gasteiger charge is 2.36. The van der Waals surface area contributed by atoms with E-state index in [1.165, 1.54) is 0 Å². The summed E-state index contributed by atoms with van der Waals surface area (Å²) >= 11 is 0. The molecule has 1 heterocycles. The van der Waals surface area contributed by atoms with E-state index in [9.17, 15) is 4.79 Å². The number of aromatic nitrogens is 1. The predicted molar refractivity (Wildman–Crippen MR) is 66.5 cm³/mol. The molecule has 0 aliphatic carbocycles. The van der Waals surface area contributed by atoms with Gasteiger partial charge in [-0.1, -0.05) is 0 Å². The van der Waals surface area contributed by atoms with Crippen LogP contribution in [-0.4, -0.2) is 23.6 Å². The van der Waals surface area contributed by atoms with Crippen molar-refractivity contribution in [3.8, 4) is 0 Å². The van der Waals surface area contributed by atoms with Gasteiger partial charge in [-0.25, -0.2) is 4.79 Å². The number of nitrogens with zero attached hydrogens (tertiary/aromatic N) is 1. The van der Waals surface area contributed by atoms with Crippen LogP contribution in [-0.2, 0) is 15.1 Å². The molecule has 0 amide bonds. The first-order valence-electron chi connectivity index (χ1n) is 5.86. The van der Waals surface area contributed by atoms with Crippen molar-refractivity contribution in [2.24, 2.45) is 0 Å². The van der Waals surface area contributed by atoms with Gasteiger partial charge in [0.1, 0.15) is 5.54 Å². The second kappa shape index (κ2) is 5.77. The van der Waals surface area contributed by atoms with E-state index in [0.717, 1.165) is 5.56 Å². The van der Waals surface area contributed by atoms with Crippen LogP contribution in [0.3, 0.4) is 0 Å². The minimum absolute atomic E-state index is 0.178. The van der Waals surface area contributed by atoms with Gasteiger partial charge in [-0.2, -0.15) is 0 Å². The molecule has 17 heavy (non-hydrogen) atoms. The molecule has 0 radical (unpaired) electrons. The summed E-state index contributed by atoms with van der Waals surface area (Å²) in [5, 5.41) is 3.25. The molecule has 0 fully saturated rings. The van der Waals surface area contributed by atoms with Crippen molar-refractivity contribution in [3.05, 3.63) is 30.1 Å². The molecule has 1 aromatic heterocycles. The fraction of sp³-hybridized carbons (Fsp3) is 0.538. The highest BCUT2D eigenvalue weighted by atomic mass is 16.5. The van der Waals surface area contributed by atoms with Gasteiger partial charge in [-0.15, -0.1) is 0 Å².